The first-order valence-corrected chi connectivity index (χ1v) is 12.0. The van der Waals surface area contributed by atoms with Gasteiger partial charge in [-0.1, -0.05) is 37.1 Å². The predicted octanol–water partition coefficient (Wildman–Crippen LogP) is 3.43. The molecule has 0 saturated heterocycles. The van der Waals surface area contributed by atoms with Gasteiger partial charge in [-0.05, 0) is 25.0 Å². The van der Waals surface area contributed by atoms with Crippen molar-refractivity contribution >= 4 is 29.4 Å². The number of hydrogen-bond acceptors (Lipinski definition) is 6. The van der Waals surface area contributed by atoms with Crippen LogP contribution in [0.25, 0.3) is 5.69 Å². The number of hydrogen-bond donors (Lipinski definition) is 1. The van der Waals surface area contributed by atoms with Crippen molar-refractivity contribution in [3.8, 4) is 11.4 Å². The van der Waals surface area contributed by atoms with Crippen LogP contribution in [0, 0.1) is 0 Å². The number of ether oxygens (including phenoxy) is 1. The topological polar surface area (TPSA) is 73.2 Å². The molecule has 1 fully saturated rings. The third-order valence-corrected chi connectivity index (χ3v) is 7.33. The molecule has 0 radical (unpaired) electrons. The lowest BCUT2D eigenvalue weighted by Crippen LogP contribution is -2.37. The second-order valence-corrected chi connectivity index (χ2v) is 9.35. The Morgan fingerprint density at radius 1 is 1.34 bits per heavy atom. The molecule has 154 valence electrons. The molecule has 2 heterocycles. The van der Waals surface area contributed by atoms with Gasteiger partial charge in [-0.15, -0.1) is 11.8 Å². The number of benzene rings is 1. The van der Waals surface area contributed by atoms with Gasteiger partial charge in [0.2, 0.25) is 5.91 Å². The van der Waals surface area contributed by atoms with E-state index in [4.69, 9.17) is 9.72 Å². The molecule has 1 aromatic carbocycles. The molecule has 29 heavy (non-hydrogen) atoms. The molecule has 8 heteroatoms. The Hall–Kier alpha value is -1.93. The third-order valence-electron chi connectivity index (χ3n) is 5.28. The molecule has 1 saturated carbocycles. The molecular formula is C21H25N3O3S2. The maximum Gasteiger partial charge on any atom is 0.272 e. The average molecular weight is 432 g/mol. The smallest absolute Gasteiger partial charge is 0.272 e. The zero-order valence-electron chi connectivity index (χ0n) is 16.5. The van der Waals surface area contributed by atoms with Gasteiger partial charge >= 0.3 is 0 Å². The van der Waals surface area contributed by atoms with Gasteiger partial charge in [0.25, 0.3) is 5.56 Å². The summed E-state index contributed by atoms with van der Waals surface area (Å²) in [6.07, 6.45) is 6.51. The van der Waals surface area contributed by atoms with Gasteiger partial charge in [0, 0.05) is 24.3 Å². The monoisotopic (exact) mass is 431 g/mol. The summed E-state index contributed by atoms with van der Waals surface area (Å²) in [7, 11) is 1.60. The summed E-state index contributed by atoms with van der Waals surface area (Å²) in [6, 6.07) is 7.66. The molecule has 0 bridgehead atoms. The van der Waals surface area contributed by atoms with Crippen molar-refractivity contribution in [2.75, 3.05) is 18.6 Å². The minimum Gasteiger partial charge on any atom is -0.497 e. The molecular weight excluding hydrogens is 406 g/mol. The molecule has 0 atom stereocenters. The molecule has 1 aliphatic heterocycles. The molecule has 1 amide bonds. The highest BCUT2D eigenvalue weighted by Gasteiger charge is 2.23. The Bertz CT molecular complexity index is 955. The number of carbonyl (C=O) groups excluding carboxylic acids is 1. The van der Waals surface area contributed by atoms with Crippen molar-refractivity contribution in [3.63, 3.8) is 0 Å². The predicted molar refractivity (Wildman–Crippen MR) is 117 cm³/mol. The van der Waals surface area contributed by atoms with E-state index < -0.39 is 0 Å². The van der Waals surface area contributed by atoms with Gasteiger partial charge in [0.05, 0.1) is 29.1 Å². The first kappa shape index (κ1) is 20.3. The lowest BCUT2D eigenvalue weighted by Gasteiger charge is -2.22. The number of thioether (sulfide) groups is 2. The molecule has 0 unspecified atom stereocenters. The highest BCUT2D eigenvalue weighted by Crippen LogP contribution is 2.30. The molecule has 6 nitrogen and oxygen atoms in total. The van der Waals surface area contributed by atoms with Gasteiger partial charge in [0.1, 0.15) is 5.75 Å². The van der Waals surface area contributed by atoms with Crippen molar-refractivity contribution in [2.24, 2.45) is 0 Å². The molecule has 0 spiro atoms. The first-order chi connectivity index (χ1) is 14.2. The summed E-state index contributed by atoms with van der Waals surface area (Å²) >= 11 is 2.88. The number of methoxy groups -OCH3 is 1. The van der Waals surface area contributed by atoms with Gasteiger partial charge in [-0.2, -0.15) is 0 Å². The van der Waals surface area contributed by atoms with Crippen molar-refractivity contribution < 1.29 is 9.53 Å². The Labute approximate surface area is 178 Å². The summed E-state index contributed by atoms with van der Waals surface area (Å²) in [5.41, 5.74) is 1.47. The van der Waals surface area contributed by atoms with Crippen LogP contribution in [0.1, 0.15) is 37.8 Å². The summed E-state index contributed by atoms with van der Waals surface area (Å²) in [5, 5.41) is 3.69. The number of fused-ring (bicyclic) bond motifs is 1. The maximum atomic E-state index is 13.2. The number of aryl methyl sites for hydroxylation is 1. The Morgan fingerprint density at radius 2 is 2.17 bits per heavy atom. The minimum atomic E-state index is -0.0686. The van der Waals surface area contributed by atoms with Gasteiger partial charge in [-0.3, -0.25) is 14.2 Å². The van der Waals surface area contributed by atoms with E-state index in [2.05, 4.69) is 5.32 Å². The highest BCUT2D eigenvalue weighted by molar-refractivity contribution is 8.00. The van der Waals surface area contributed by atoms with Crippen LogP contribution < -0.4 is 15.6 Å². The lowest BCUT2D eigenvalue weighted by molar-refractivity contribution is -0.119. The van der Waals surface area contributed by atoms with Crippen molar-refractivity contribution in [1.82, 2.24) is 14.9 Å². The van der Waals surface area contributed by atoms with Crippen LogP contribution in [0.2, 0.25) is 0 Å². The number of amides is 1. The standard InChI is InChI=1S/C21H25N3O3S2/c1-27-16-9-5-8-15(12-16)24-20(26)19-17(10-11-28-19)23-21(24)29-13-18(25)22-14-6-3-2-4-7-14/h5,8-9,12,14H,2-4,6-7,10-11,13H2,1H3,(H,22,25). The van der Waals surface area contributed by atoms with Crippen LogP contribution >= 0.6 is 23.5 Å². The molecule has 1 aromatic heterocycles. The summed E-state index contributed by atoms with van der Waals surface area (Å²) < 4.78 is 6.93. The molecule has 4 rings (SSSR count). The SMILES string of the molecule is COc1cccc(-n2c(SCC(=O)NC3CCCCC3)nc3c(c2=O)SCC3)c1. The fourth-order valence-electron chi connectivity index (χ4n) is 3.81. The van der Waals surface area contributed by atoms with Crippen molar-refractivity contribution in [3.05, 3.63) is 40.3 Å². The van der Waals surface area contributed by atoms with E-state index in [0.717, 1.165) is 30.7 Å². The van der Waals surface area contributed by atoms with Gasteiger partial charge in [0.15, 0.2) is 5.16 Å². The van der Waals surface area contributed by atoms with Crippen LogP contribution in [0.15, 0.2) is 39.1 Å². The van der Waals surface area contributed by atoms with E-state index in [9.17, 15) is 9.59 Å². The van der Waals surface area contributed by atoms with Crippen molar-refractivity contribution in [2.45, 2.75) is 54.6 Å². The molecule has 2 aliphatic rings. The van der Waals surface area contributed by atoms with Gasteiger partial charge in [-0.25, -0.2) is 4.98 Å². The van der Waals surface area contributed by atoms with E-state index in [0.29, 0.717) is 21.5 Å². The molecule has 1 N–H and O–H groups in total. The van der Waals surface area contributed by atoms with Crippen LogP contribution in [-0.4, -0.2) is 40.1 Å². The zero-order valence-corrected chi connectivity index (χ0v) is 18.1. The number of nitrogens with one attached hydrogen (secondary N) is 1. The quantitative estimate of drug-likeness (QED) is 0.558. The van der Waals surface area contributed by atoms with Gasteiger partial charge < -0.3 is 10.1 Å². The highest BCUT2D eigenvalue weighted by atomic mass is 32.2. The van der Waals surface area contributed by atoms with Crippen LogP contribution in [0.5, 0.6) is 5.75 Å². The van der Waals surface area contributed by atoms with Crippen molar-refractivity contribution in [1.29, 1.82) is 0 Å². The zero-order chi connectivity index (χ0) is 20.2. The summed E-state index contributed by atoms with van der Waals surface area (Å²) in [5.74, 6) is 1.79. The Balaban J connectivity index is 1.59. The second kappa shape index (κ2) is 9.26. The van der Waals surface area contributed by atoms with Crippen LogP contribution in [-0.2, 0) is 11.2 Å². The normalized spacial score (nSPS) is 16.4. The second-order valence-electron chi connectivity index (χ2n) is 7.30. The summed E-state index contributed by atoms with van der Waals surface area (Å²) in [6.45, 7) is 0. The first-order valence-electron chi connectivity index (χ1n) is 10.0. The fraction of sp³-hybridized carbons (Fsp3) is 0.476. The van der Waals surface area contributed by atoms with E-state index in [1.54, 1.807) is 23.4 Å². The number of nitrogens with zero attached hydrogens (tertiary/aromatic N) is 2. The van der Waals surface area contributed by atoms with E-state index in [1.807, 2.05) is 24.3 Å². The lowest BCUT2D eigenvalue weighted by atomic mass is 9.95. The Kier molecular flexibility index (Phi) is 6.50. The minimum absolute atomic E-state index is 0.00298. The maximum absolute atomic E-state index is 13.2. The average Bonchev–Trinajstić information content (AvgIpc) is 3.22. The van der Waals surface area contributed by atoms with E-state index in [1.165, 1.54) is 31.0 Å². The molecule has 1 aliphatic carbocycles. The van der Waals surface area contributed by atoms with E-state index in [-0.39, 0.29) is 23.3 Å². The number of carbonyl (C=O) groups is 1. The number of aromatic nitrogens is 2. The third kappa shape index (κ3) is 4.64. The van der Waals surface area contributed by atoms with Crippen LogP contribution in [0.4, 0.5) is 0 Å². The summed E-state index contributed by atoms with van der Waals surface area (Å²) in [4.78, 5) is 31.1. The molecule has 2 aromatic rings. The number of rotatable bonds is 6. The fourth-order valence-corrected chi connectivity index (χ4v) is 5.68. The Morgan fingerprint density at radius 3 is 2.97 bits per heavy atom. The van der Waals surface area contributed by atoms with Crippen LogP contribution in [0.3, 0.4) is 0 Å². The van der Waals surface area contributed by atoms with E-state index >= 15 is 0 Å². The largest absolute Gasteiger partial charge is 0.497 e.